The Labute approximate surface area is 124 Å². The number of hydrogen-bond donors (Lipinski definition) is 1. The lowest BCUT2D eigenvalue weighted by Gasteiger charge is -2.23. The molecule has 1 aromatic heterocycles. The molecule has 1 N–H and O–H groups in total. The molecular formula is C14H20ClN3O2. The SMILES string of the molecule is CC(C)C[C@H](NC(=O)c1ccnc(Cl)c1)C(=O)N(C)C. The molecule has 1 heterocycles. The molecule has 6 heteroatoms. The van der Waals surface area contributed by atoms with Crippen molar-refractivity contribution in [3.05, 3.63) is 29.0 Å². The zero-order chi connectivity index (χ0) is 15.3. The Bertz CT molecular complexity index is 489. The summed E-state index contributed by atoms with van der Waals surface area (Å²) in [5.74, 6) is -0.146. The Morgan fingerprint density at radius 2 is 2.05 bits per heavy atom. The molecule has 0 aromatic carbocycles. The van der Waals surface area contributed by atoms with Crippen molar-refractivity contribution in [1.82, 2.24) is 15.2 Å². The smallest absolute Gasteiger partial charge is 0.252 e. The van der Waals surface area contributed by atoms with Crippen LogP contribution in [0.5, 0.6) is 0 Å². The maximum atomic E-state index is 12.1. The van der Waals surface area contributed by atoms with Gasteiger partial charge in [0.15, 0.2) is 0 Å². The van der Waals surface area contributed by atoms with E-state index in [-0.39, 0.29) is 17.0 Å². The average Bonchev–Trinajstić information content (AvgIpc) is 2.36. The second kappa shape index (κ2) is 7.24. The van der Waals surface area contributed by atoms with Crippen molar-refractivity contribution in [1.29, 1.82) is 0 Å². The van der Waals surface area contributed by atoms with Gasteiger partial charge in [-0.2, -0.15) is 0 Å². The lowest BCUT2D eigenvalue weighted by atomic mass is 10.0. The number of amides is 2. The third-order valence-corrected chi connectivity index (χ3v) is 2.95. The minimum Gasteiger partial charge on any atom is -0.347 e. The quantitative estimate of drug-likeness (QED) is 0.845. The number of nitrogens with zero attached hydrogens (tertiary/aromatic N) is 2. The molecule has 0 aliphatic heterocycles. The summed E-state index contributed by atoms with van der Waals surface area (Å²) in [6.07, 6.45) is 2.05. The molecule has 20 heavy (non-hydrogen) atoms. The van der Waals surface area contributed by atoms with E-state index in [0.717, 1.165) is 0 Å². The highest BCUT2D eigenvalue weighted by molar-refractivity contribution is 6.29. The van der Waals surface area contributed by atoms with Gasteiger partial charge in [-0.25, -0.2) is 4.98 Å². The van der Waals surface area contributed by atoms with E-state index in [9.17, 15) is 9.59 Å². The number of aromatic nitrogens is 1. The number of hydrogen-bond acceptors (Lipinski definition) is 3. The van der Waals surface area contributed by atoms with Gasteiger partial charge in [0.1, 0.15) is 11.2 Å². The first kappa shape index (κ1) is 16.4. The van der Waals surface area contributed by atoms with Crippen molar-refractivity contribution in [3.63, 3.8) is 0 Å². The van der Waals surface area contributed by atoms with E-state index in [0.29, 0.717) is 17.9 Å². The number of rotatable bonds is 5. The van der Waals surface area contributed by atoms with E-state index < -0.39 is 6.04 Å². The van der Waals surface area contributed by atoms with E-state index >= 15 is 0 Å². The third kappa shape index (κ3) is 4.81. The summed E-state index contributed by atoms with van der Waals surface area (Å²) < 4.78 is 0. The van der Waals surface area contributed by atoms with E-state index in [1.807, 2.05) is 13.8 Å². The van der Waals surface area contributed by atoms with Gasteiger partial charge in [0, 0.05) is 25.9 Å². The Kier molecular flexibility index (Phi) is 5.95. The topological polar surface area (TPSA) is 62.3 Å². The van der Waals surface area contributed by atoms with Crippen LogP contribution in [-0.4, -0.2) is 41.8 Å². The molecule has 0 spiro atoms. The summed E-state index contributed by atoms with van der Waals surface area (Å²) in [5, 5.41) is 3.00. The summed E-state index contributed by atoms with van der Waals surface area (Å²) in [5.41, 5.74) is 0.394. The maximum Gasteiger partial charge on any atom is 0.252 e. The average molecular weight is 298 g/mol. The molecule has 0 aliphatic carbocycles. The first-order chi connectivity index (χ1) is 9.31. The van der Waals surface area contributed by atoms with Gasteiger partial charge in [-0.3, -0.25) is 9.59 Å². The highest BCUT2D eigenvalue weighted by Crippen LogP contribution is 2.10. The van der Waals surface area contributed by atoms with Crippen LogP contribution in [0.4, 0.5) is 0 Å². The third-order valence-electron chi connectivity index (χ3n) is 2.74. The highest BCUT2D eigenvalue weighted by Gasteiger charge is 2.23. The van der Waals surface area contributed by atoms with Crippen LogP contribution < -0.4 is 5.32 Å². The first-order valence-corrected chi connectivity index (χ1v) is 6.82. The standard InChI is InChI=1S/C14H20ClN3O2/c1-9(2)7-11(14(20)18(3)4)17-13(19)10-5-6-16-12(15)8-10/h5-6,8-9,11H,7H2,1-4H3,(H,17,19)/t11-/m0/s1. The van der Waals surface area contributed by atoms with Crippen LogP contribution in [-0.2, 0) is 4.79 Å². The van der Waals surface area contributed by atoms with Crippen molar-refractivity contribution in [3.8, 4) is 0 Å². The molecule has 0 unspecified atom stereocenters. The Morgan fingerprint density at radius 3 is 2.55 bits per heavy atom. The van der Waals surface area contributed by atoms with E-state index in [2.05, 4.69) is 10.3 Å². The minimum absolute atomic E-state index is 0.118. The fourth-order valence-corrected chi connectivity index (χ4v) is 1.96. The number of carbonyl (C=O) groups excluding carboxylic acids is 2. The molecule has 110 valence electrons. The second-order valence-corrected chi connectivity index (χ2v) is 5.64. The molecule has 1 atom stereocenters. The molecule has 2 amide bonds. The zero-order valence-corrected chi connectivity index (χ0v) is 12.9. The number of pyridine rings is 1. The largest absolute Gasteiger partial charge is 0.347 e. The molecular weight excluding hydrogens is 278 g/mol. The van der Waals surface area contributed by atoms with Crippen LogP contribution in [0.2, 0.25) is 5.15 Å². The fourth-order valence-electron chi connectivity index (χ4n) is 1.79. The molecule has 0 aliphatic rings. The van der Waals surface area contributed by atoms with Gasteiger partial charge in [-0.15, -0.1) is 0 Å². The Balaban J connectivity index is 2.84. The summed E-state index contributed by atoms with van der Waals surface area (Å²) in [7, 11) is 3.34. The van der Waals surface area contributed by atoms with Gasteiger partial charge < -0.3 is 10.2 Å². The molecule has 1 aromatic rings. The predicted molar refractivity (Wildman–Crippen MR) is 78.7 cm³/mol. The summed E-state index contributed by atoms with van der Waals surface area (Å²) in [6, 6.07) is 2.50. The maximum absolute atomic E-state index is 12.1. The van der Waals surface area contributed by atoms with Gasteiger partial charge in [0.05, 0.1) is 0 Å². The van der Waals surface area contributed by atoms with Gasteiger partial charge in [-0.05, 0) is 24.5 Å². The van der Waals surface area contributed by atoms with Gasteiger partial charge >= 0.3 is 0 Å². The first-order valence-electron chi connectivity index (χ1n) is 6.44. The van der Waals surface area contributed by atoms with Gasteiger partial charge in [-0.1, -0.05) is 25.4 Å². The molecule has 0 saturated carbocycles. The second-order valence-electron chi connectivity index (χ2n) is 5.26. The van der Waals surface area contributed by atoms with Crippen molar-refractivity contribution in [2.75, 3.05) is 14.1 Å². The van der Waals surface area contributed by atoms with Crippen molar-refractivity contribution >= 4 is 23.4 Å². The molecule has 5 nitrogen and oxygen atoms in total. The summed E-state index contributed by atoms with van der Waals surface area (Å²) >= 11 is 5.76. The number of nitrogens with one attached hydrogen (secondary N) is 1. The van der Waals surface area contributed by atoms with Crippen molar-refractivity contribution in [2.45, 2.75) is 26.3 Å². The molecule has 0 fully saturated rings. The molecule has 0 radical (unpaired) electrons. The van der Waals surface area contributed by atoms with E-state index in [1.54, 1.807) is 20.2 Å². The lowest BCUT2D eigenvalue weighted by Crippen LogP contribution is -2.46. The zero-order valence-electron chi connectivity index (χ0n) is 12.2. The fraction of sp³-hybridized carbons (Fsp3) is 0.500. The van der Waals surface area contributed by atoms with Crippen LogP contribution in [0.15, 0.2) is 18.3 Å². The Hall–Kier alpha value is -1.62. The number of halogens is 1. The van der Waals surface area contributed by atoms with Crippen molar-refractivity contribution in [2.24, 2.45) is 5.92 Å². The minimum atomic E-state index is -0.538. The van der Waals surface area contributed by atoms with Crippen molar-refractivity contribution < 1.29 is 9.59 Å². The number of carbonyl (C=O) groups is 2. The Morgan fingerprint density at radius 1 is 1.40 bits per heavy atom. The normalized spacial score (nSPS) is 12.1. The summed E-state index contributed by atoms with van der Waals surface area (Å²) in [4.78, 5) is 29.5. The lowest BCUT2D eigenvalue weighted by molar-refractivity contribution is -0.131. The van der Waals surface area contributed by atoms with E-state index in [4.69, 9.17) is 11.6 Å². The van der Waals surface area contributed by atoms with Crippen LogP contribution >= 0.6 is 11.6 Å². The highest BCUT2D eigenvalue weighted by atomic mass is 35.5. The number of likely N-dealkylation sites (N-methyl/N-ethyl adjacent to an activating group) is 1. The molecule has 0 saturated heterocycles. The van der Waals surface area contributed by atoms with Crippen LogP contribution in [0.25, 0.3) is 0 Å². The van der Waals surface area contributed by atoms with Crippen LogP contribution in [0, 0.1) is 5.92 Å². The van der Waals surface area contributed by atoms with Crippen LogP contribution in [0.3, 0.4) is 0 Å². The predicted octanol–water partition coefficient (Wildman–Crippen LogP) is 1.97. The van der Waals surface area contributed by atoms with Gasteiger partial charge in [0.25, 0.3) is 5.91 Å². The van der Waals surface area contributed by atoms with Crippen LogP contribution in [0.1, 0.15) is 30.6 Å². The summed E-state index contributed by atoms with van der Waals surface area (Å²) in [6.45, 7) is 4.01. The molecule has 0 bridgehead atoms. The molecule has 1 rings (SSSR count). The van der Waals surface area contributed by atoms with E-state index in [1.165, 1.54) is 17.2 Å². The monoisotopic (exact) mass is 297 g/mol. The van der Waals surface area contributed by atoms with Gasteiger partial charge in [0.2, 0.25) is 5.91 Å².